The van der Waals surface area contributed by atoms with Crippen LogP contribution in [0.2, 0.25) is 0 Å². The van der Waals surface area contributed by atoms with E-state index in [0.717, 1.165) is 16.4 Å². The SMILES string of the molecule is CCOC(=O)Cc1csc(SCC(=O)Nc2cccc(CC)c2)n1. The first kappa shape index (κ1) is 18.5. The molecule has 1 N–H and O–H groups in total. The first-order valence-electron chi connectivity index (χ1n) is 7.72. The van der Waals surface area contributed by atoms with Crippen molar-refractivity contribution < 1.29 is 14.3 Å². The van der Waals surface area contributed by atoms with Crippen LogP contribution in [0.15, 0.2) is 34.0 Å². The van der Waals surface area contributed by atoms with Crippen molar-refractivity contribution in [2.45, 2.75) is 31.0 Å². The number of amides is 1. The van der Waals surface area contributed by atoms with Gasteiger partial charge in [-0.1, -0.05) is 30.8 Å². The second-order valence-electron chi connectivity index (χ2n) is 4.98. The molecule has 24 heavy (non-hydrogen) atoms. The topological polar surface area (TPSA) is 68.3 Å². The van der Waals surface area contributed by atoms with Crippen LogP contribution in [-0.4, -0.2) is 29.2 Å². The minimum Gasteiger partial charge on any atom is -0.466 e. The summed E-state index contributed by atoms with van der Waals surface area (Å²) in [4.78, 5) is 27.8. The molecule has 5 nitrogen and oxygen atoms in total. The van der Waals surface area contributed by atoms with Crippen molar-refractivity contribution in [1.82, 2.24) is 4.98 Å². The Morgan fingerprint density at radius 2 is 2.17 bits per heavy atom. The number of hydrogen-bond acceptors (Lipinski definition) is 6. The van der Waals surface area contributed by atoms with E-state index in [1.165, 1.54) is 28.7 Å². The van der Waals surface area contributed by atoms with Crippen LogP contribution in [-0.2, 0) is 27.2 Å². The van der Waals surface area contributed by atoms with Crippen molar-refractivity contribution in [3.8, 4) is 0 Å². The van der Waals surface area contributed by atoms with Gasteiger partial charge in [0.2, 0.25) is 5.91 Å². The lowest BCUT2D eigenvalue weighted by atomic mass is 10.1. The fraction of sp³-hybridized carbons (Fsp3) is 0.353. The fourth-order valence-corrected chi connectivity index (χ4v) is 3.63. The highest BCUT2D eigenvalue weighted by Gasteiger charge is 2.10. The van der Waals surface area contributed by atoms with Gasteiger partial charge in [0.15, 0.2) is 4.34 Å². The van der Waals surface area contributed by atoms with Gasteiger partial charge in [-0.3, -0.25) is 9.59 Å². The van der Waals surface area contributed by atoms with E-state index < -0.39 is 0 Å². The molecule has 0 aliphatic rings. The summed E-state index contributed by atoms with van der Waals surface area (Å²) in [7, 11) is 0. The Labute approximate surface area is 149 Å². The number of thioether (sulfide) groups is 1. The Kier molecular flexibility index (Phi) is 7.27. The average Bonchev–Trinajstić information content (AvgIpc) is 3.00. The zero-order chi connectivity index (χ0) is 17.4. The molecule has 2 rings (SSSR count). The van der Waals surface area contributed by atoms with Crippen molar-refractivity contribution in [2.75, 3.05) is 17.7 Å². The molecular formula is C17H20N2O3S2. The Hall–Kier alpha value is -1.86. The van der Waals surface area contributed by atoms with Crippen LogP contribution in [0.4, 0.5) is 5.69 Å². The number of aromatic nitrogens is 1. The second kappa shape index (κ2) is 9.44. The van der Waals surface area contributed by atoms with E-state index in [2.05, 4.69) is 17.2 Å². The third kappa shape index (κ3) is 5.98. The molecule has 0 aliphatic carbocycles. The molecule has 0 unspecified atom stereocenters. The number of aryl methyl sites for hydroxylation is 1. The lowest BCUT2D eigenvalue weighted by Crippen LogP contribution is -2.14. The molecule has 0 bridgehead atoms. The highest BCUT2D eigenvalue weighted by atomic mass is 32.2. The van der Waals surface area contributed by atoms with Crippen LogP contribution in [0.1, 0.15) is 25.1 Å². The van der Waals surface area contributed by atoms with Crippen LogP contribution >= 0.6 is 23.1 Å². The molecule has 0 radical (unpaired) electrons. The van der Waals surface area contributed by atoms with E-state index in [0.29, 0.717) is 12.3 Å². The average molecular weight is 364 g/mol. The maximum absolute atomic E-state index is 12.0. The molecule has 0 saturated heterocycles. The second-order valence-corrected chi connectivity index (χ2v) is 7.06. The molecule has 1 heterocycles. The van der Waals surface area contributed by atoms with Gasteiger partial charge in [-0.25, -0.2) is 4.98 Å². The molecule has 1 aromatic carbocycles. The van der Waals surface area contributed by atoms with Crippen molar-refractivity contribution in [3.63, 3.8) is 0 Å². The molecule has 0 aliphatic heterocycles. The third-order valence-electron chi connectivity index (χ3n) is 3.11. The highest BCUT2D eigenvalue weighted by molar-refractivity contribution is 8.01. The van der Waals surface area contributed by atoms with Crippen LogP contribution in [0.3, 0.4) is 0 Å². The van der Waals surface area contributed by atoms with Gasteiger partial charge >= 0.3 is 5.97 Å². The largest absolute Gasteiger partial charge is 0.466 e. The number of esters is 1. The Bertz CT molecular complexity index is 701. The van der Waals surface area contributed by atoms with E-state index in [1.807, 2.05) is 29.6 Å². The van der Waals surface area contributed by atoms with Gasteiger partial charge in [0.05, 0.1) is 24.5 Å². The lowest BCUT2D eigenvalue weighted by Gasteiger charge is -2.05. The van der Waals surface area contributed by atoms with Gasteiger partial charge in [-0.05, 0) is 31.0 Å². The highest BCUT2D eigenvalue weighted by Crippen LogP contribution is 2.23. The Balaban J connectivity index is 1.81. The number of benzene rings is 1. The zero-order valence-corrected chi connectivity index (χ0v) is 15.3. The zero-order valence-electron chi connectivity index (χ0n) is 13.7. The molecule has 2 aromatic rings. The molecule has 7 heteroatoms. The monoisotopic (exact) mass is 364 g/mol. The van der Waals surface area contributed by atoms with E-state index in [-0.39, 0.29) is 24.1 Å². The summed E-state index contributed by atoms with van der Waals surface area (Å²) in [6, 6.07) is 7.82. The van der Waals surface area contributed by atoms with E-state index >= 15 is 0 Å². The summed E-state index contributed by atoms with van der Waals surface area (Å²) in [6.45, 7) is 4.21. The molecule has 0 fully saturated rings. The molecular weight excluding hydrogens is 344 g/mol. The standard InChI is InChI=1S/C17H20N2O3S2/c1-3-12-6-5-7-13(8-12)18-15(20)11-24-17-19-14(10-23-17)9-16(21)22-4-2/h5-8,10H,3-4,9,11H2,1-2H3,(H,18,20). The van der Waals surface area contributed by atoms with Crippen molar-refractivity contribution in [1.29, 1.82) is 0 Å². The van der Waals surface area contributed by atoms with Crippen LogP contribution in [0, 0.1) is 0 Å². The number of nitrogens with zero attached hydrogens (tertiary/aromatic N) is 1. The van der Waals surface area contributed by atoms with Crippen molar-refractivity contribution in [2.24, 2.45) is 0 Å². The summed E-state index contributed by atoms with van der Waals surface area (Å²) in [6.07, 6.45) is 1.10. The first-order valence-corrected chi connectivity index (χ1v) is 9.58. The van der Waals surface area contributed by atoms with E-state index in [1.54, 1.807) is 6.92 Å². The molecule has 0 saturated carbocycles. The summed E-state index contributed by atoms with van der Waals surface area (Å²) in [5.74, 6) is -0.0776. The van der Waals surface area contributed by atoms with Gasteiger partial charge in [-0.2, -0.15) is 0 Å². The predicted molar refractivity (Wildman–Crippen MR) is 97.6 cm³/mol. The van der Waals surface area contributed by atoms with Gasteiger partial charge in [0, 0.05) is 11.1 Å². The summed E-state index contributed by atoms with van der Waals surface area (Å²) < 4.78 is 5.66. The number of ether oxygens (including phenoxy) is 1. The summed E-state index contributed by atoms with van der Waals surface area (Å²) >= 11 is 2.79. The number of nitrogens with one attached hydrogen (secondary N) is 1. The number of carbonyl (C=O) groups excluding carboxylic acids is 2. The summed E-state index contributed by atoms with van der Waals surface area (Å²) in [5, 5.41) is 4.71. The van der Waals surface area contributed by atoms with Crippen molar-refractivity contribution >= 4 is 40.7 Å². The number of rotatable bonds is 8. The molecule has 1 amide bonds. The fourth-order valence-electron chi connectivity index (χ4n) is 1.99. The Morgan fingerprint density at radius 3 is 2.92 bits per heavy atom. The number of carbonyl (C=O) groups is 2. The van der Waals surface area contributed by atoms with Crippen LogP contribution in [0.5, 0.6) is 0 Å². The molecule has 128 valence electrons. The van der Waals surface area contributed by atoms with Gasteiger partial charge in [0.25, 0.3) is 0 Å². The number of anilines is 1. The normalized spacial score (nSPS) is 10.4. The summed E-state index contributed by atoms with van der Waals surface area (Å²) in [5.41, 5.74) is 2.67. The minimum absolute atomic E-state index is 0.0737. The number of hydrogen-bond donors (Lipinski definition) is 1. The first-order chi connectivity index (χ1) is 11.6. The Morgan fingerprint density at radius 1 is 1.33 bits per heavy atom. The van der Waals surface area contributed by atoms with Gasteiger partial charge in [0.1, 0.15) is 0 Å². The minimum atomic E-state index is -0.284. The van der Waals surface area contributed by atoms with E-state index in [4.69, 9.17) is 4.74 Å². The maximum Gasteiger partial charge on any atom is 0.311 e. The van der Waals surface area contributed by atoms with Crippen LogP contribution in [0.25, 0.3) is 0 Å². The van der Waals surface area contributed by atoms with Gasteiger partial charge in [-0.15, -0.1) is 11.3 Å². The third-order valence-corrected chi connectivity index (χ3v) is 5.18. The van der Waals surface area contributed by atoms with Crippen LogP contribution < -0.4 is 5.32 Å². The van der Waals surface area contributed by atoms with Gasteiger partial charge < -0.3 is 10.1 Å². The predicted octanol–water partition coefficient (Wildman–Crippen LogP) is 3.54. The van der Waals surface area contributed by atoms with Crippen molar-refractivity contribution in [3.05, 3.63) is 40.9 Å². The maximum atomic E-state index is 12.0. The molecule has 1 aromatic heterocycles. The lowest BCUT2D eigenvalue weighted by molar-refractivity contribution is -0.142. The smallest absolute Gasteiger partial charge is 0.311 e. The number of thiazole rings is 1. The molecule has 0 spiro atoms. The molecule has 0 atom stereocenters. The quantitative estimate of drug-likeness (QED) is 0.573. The van der Waals surface area contributed by atoms with E-state index in [9.17, 15) is 9.59 Å².